The molecule has 0 spiro atoms. The quantitative estimate of drug-likeness (QED) is 0.833. The van der Waals surface area contributed by atoms with E-state index >= 15 is 0 Å². The Morgan fingerprint density at radius 2 is 1.96 bits per heavy atom. The largest absolute Gasteiger partial charge is 0.357 e. The predicted molar refractivity (Wildman–Crippen MR) is 105 cm³/mol. The molecule has 0 saturated heterocycles. The van der Waals surface area contributed by atoms with Crippen LogP contribution in [0, 0.1) is 5.92 Å². The highest BCUT2D eigenvalue weighted by Crippen LogP contribution is 2.44. The molecule has 2 aliphatic rings. The molecule has 1 fully saturated rings. The highest BCUT2D eigenvalue weighted by atomic mass is 32.2. The fourth-order valence-electron chi connectivity index (χ4n) is 4.75. The molecule has 1 unspecified atom stereocenters. The smallest absolute Gasteiger partial charge is 0.280 e. The lowest BCUT2D eigenvalue weighted by atomic mass is 9.80. The van der Waals surface area contributed by atoms with Crippen LogP contribution in [0.25, 0.3) is 10.9 Å². The topological polar surface area (TPSA) is 65.2 Å². The van der Waals surface area contributed by atoms with Crippen molar-refractivity contribution in [3.8, 4) is 0 Å². The lowest BCUT2D eigenvalue weighted by Gasteiger charge is -2.40. The van der Waals surface area contributed by atoms with Crippen molar-refractivity contribution in [1.82, 2.24) is 14.0 Å². The van der Waals surface area contributed by atoms with Gasteiger partial charge in [-0.1, -0.05) is 44.4 Å². The van der Waals surface area contributed by atoms with Crippen LogP contribution in [0.4, 0.5) is 0 Å². The molecular formula is C20H29N3O2S. The van der Waals surface area contributed by atoms with E-state index < -0.39 is 10.2 Å². The van der Waals surface area contributed by atoms with Crippen LogP contribution in [0.15, 0.2) is 24.3 Å². The summed E-state index contributed by atoms with van der Waals surface area (Å²) in [6.07, 6.45) is 7.47. The molecule has 26 heavy (non-hydrogen) atoms. The van der Waals surface area contributed by atoms with E-state index in [2.05, 4.69) is 27.9 Å². The second kappa shape index (κ2) is 7.33. The van der Waals surface area contributed by atoms with Crippen molar-refractivity contribution in [3.05, 3.63) is 35.5 Å². The summed E-state index contributed by atoms with van der Waals surface area (Å²) in [4.78, 5) is 3.59. The van der Waals surface area contributed by atoms with E-state index in [4.69, 9.17) is 0 Å². The fourth-order valence-corrected chi connectivity index (χ4v) is 6.29. The zero-order valence-electron chi connectivity index (χ0n) is 15.5. The average molecular weight is 376 g/mol. The predicted octanol–water partition coefficient (Wildman–Crippen LogP) is 3.89. The van der Waals surface area contributed by atoms with Crippen LogP contribution in [0.2, 0.25) is 0 Å². The maximum Gasteiger partial charge on any atom is 0.280 e. The Morgan fingerprint density at radius 3 is 2.73 bits per heavy atom. The molecule has 2 heterocycles. The number of fused-ring (bicyclic) bond motifs is 3. The van der Waals surface area contributed by atoms with E-state index in [0.29, 0.717) is 19.0 Å². The van der Waals surface area contributed by atoms with Gasteiger partial charge >= 0.3 is 0 Å². The molecule has 142 valence electrons. The van der Waals surface area contributed by atoms with E-state index in [1.54, 1.807) is 4.31 Å². The lowest BCUT2D eigenvalue weighted by molar-refractivity contribution is 0.179. The Kier molecular flexibility index (Phi) is 5.08. The third-order valence-corrected chi connectivity index (χ3v) is 7.57. The molecule has 1 aromatic carbocycles. The van der Waals surface area contributed by atoms with Crippen LogP contribution in [0.5, 0.6) is 0 Å². The van der Waals surface area contributed by atoms with Crippen molar-refractivity contribution in [2.75, 3.05) is 13.1 Å². The van der Waals surface area contributed by atoms with Crippen LogP contribution >= 0.6 is 0 Å². The van der Waals surface area contributed by atoms with Crippen molar-refractivity contribution in [2.45, 2.75) is 57.9 Å². The summed E-state index contributed by atoms with van der Waals surface area (Å²) in [6.45, 7) is 3.05. The van der Waals surface area contributed by atoms with E-state index in [0.717, 1.165) is 36.9 Å². The lowest BCUT2D eigenvalue weighted by Crippen LogP contribution is -2.48. The molecule has 5 nitrogen and oxygen atoms in total. The van der Waals surface area contributed by atoms with Crippen LogP contribution < -0.4 is 4.72 Å². The van der Waals surface area contributed by atoms with Gasteiger partial charge in [-0.15, -0.1) is 0 Å². The minimum Gasteiger partial charge on any atom is -0.357 e. The molecular weight excluding hydrogens is 346 g/mol. The first-order chi connectivity index (χ1) is 12.6. The molecule has 4 rings (SSSR count). The standard InChI is InChI=1S/C20H29N3O2S/c1-2-13-21-26(24,25)23-14-12-17-16-10-6-7-11-18(16)22-19(17)20(23)15-8-4-3-5-9-15/h6-7,10-11,15,20-22H,2-5,8-9,12-14H2,1H3. The molecule has 0 amide bonds. The highest BCUT2D eigenvalue weighted by Gasteiger charge is 2.41. The number of para-hydroxylation sites is 1. The number of aromatic nitrogens is 1. The van der Waals surface area contributed by atoms with Crippen LogP contribution in [0.1, 0.15) is 62.7 Å². The Hall–Kier alpha value is -1.37. The number of rotatable bonds is 5. The van der Waals surface area contributed by atoms with Crippen LogP contribution in [-0.2, 0) is 16.6 Å². The first-order valence-electron chi connectivity index (χ1n) is 9.97. The first kappa shape index (κ1) is 18.0. The van der Waals surface area contributed by atoms with Gasteiger partial charge in [-0.05, 0) is 43.2 Å². The van der Waals surface area contributed by atoms with E-state index in [9.17, 15) is 8.42 Å². The van der Waals surface area contributed by atoms with E-state index in [-0.39, 0.29) is 6.04 Å². The number of H-pyrrole nitrogens is 1. The molecule has 2 N–H and O–H groups in total. The zero-order chi connectivity index (χ0) is 18.1. The number of nitrogens with zero attached hydrogens (tertiary/aromatic N) is 1. The summed E-state index contributed by atoms with van der Waals surface area (Å²) in [5.74, 6) is 0.397. The van der Waals surface area contributed by atoms with Crippen molar-refractivity contribution in [2.24, 2.45) is 5.92 Å². The number of hydrogen-bond donors (Lipinski definition) is 2. The van der Waals surface area contributed by atoms with Gasteiger partial charge in [0.05, 0.1) is 6.04 Å². The maximum atomic E-state index is 13.0. The monoisotopic (exact) mass is 375 g/mol. The first-order valence-corrected chi connectivity index (χ1v) is 11.4. The second-order valence-electron chi connectivity index (χ2n) is 7.67. The van der Waals surface area contributed by atoms with Gasteiger partial charge in [-0.2, -0.15) is 12.7 Å². The minimum absolute atomic E-state index is 0.0687. The van der Waals surface area contributed by atoms with Gasteiger partial charge in [-0.3, -0.25) is 0 Å². The second-order valence-corrected chi connectivity index (χ2v) is 9.37. The zero-order valence-corrected chi connectivity index (χ0v) is 16.3. The third-order valence-electron chi connectivity index (χ3n) is 5.97. The fraction of sp³-hybridized carbons (Fsp3) is 0.600. The van der Waals surface area contributed by atoms with Gasteiger partial charge in [0, 0.05) is 29.7 Å². The molecule has 0 bridgehead atoms. The SMILES string of the molecule is CCCNS(=O)(=O)N1CCc2c([nH]c3ccccc23)C1C1CCCCC1. The van der Waals surface area contributed by atoms with Crippen molar-refractivity contribution >= 4 is 21.1 Å². The summed E-state index contributed by atoms with van der Waals surface area (Å²) in [6, 6.07) is 8.29. The molecule has 1 aliphatic carbocycles. The number of nitrogens with one attached hydrogen (secondary N) is 2. The molecule has 1 aromatic heterocycles. The van der Waals surface area contributed by atoms with Crippen molar-refractivity contribution < 1.29 is 8.42 Å². The molecule has 1 saturated carbocycles. The molecule has 2 aromatic rings. The van der Waals surface area contributed by atoms with Gasteiger partial charge in [0.15, 0.2) is 0 Å². The maximum absolute atomic E-state index is 13.0. The summed E-state index contributed by atoms with van der Waals surface area (Å²) < 4.78 is 30.6. The summed E-state index contributed by atoms with van der Waals surface area (Å²) >= 11 is 0. The Bertz CT molecular complexity index is 868. The van der Waals surface area contributed by atoms with Gasteiger partial charge in [0.2, 0.25) is 0 Å². The molecule has 0 radical (unpaired) electrons. The Morgan fingerprint density at radius 1 is 1.19 bits per heavy atom. The number of hydrogen-bond acceptors (Lipinski definition) is 2. The Labute approximate surface area is 156 Å². The van der Waals surface area contributed by atoms with Gasteiger partial charge < -0.3 is 4.98 Å². The van der Waals surface area contributed by atoms with E-state index in [1.165, 1.54) is 30.2 Å². The van der Waals surface area contributed by atoms with Gasteiger partial charge in [0.1, 0.15) is 0 Å². The molecule has 1 aliphatic heterocycles. The normalized spacial score (nSPS) is 22.6. The summed E-state index contributed by atoms with van der Waals surface area (Å²) in [5.41, 5.74) is 3.57. The van der Waals surface area contributed by atoms with Crippen molar-refractivity contribution in [3.63, 3.8) is 0 Å². The minimum atomic E-state index is -3.46. The van der Waals surface area contributed by atoms with Crippen molar-refractivity contribution in [1.29, 1.82) is 0 Å². The molecule has 6 heteroatoms. The Balaban J connectivity index is 1.78. The van der Waals surface area contributed by atoms with Gasteiger partial charge in [-0.25, -0.2) is 4.72 Å². The van der Waals surface area contributed by atoms with Crippen LogP contribution in [-0.4, -0.2) is 30.8 Å². The average Bonchev–Trinajstić information content (AvgIpc) is 3.05. The summed E-state index contributed by atoms with van der Waals surface area (Å²) in [7, 11) is -3.46. The van der Waals surface area contributed by atoms with E-state index in [1.807, 2.05) is 13.0 Å². The number of aromatic amines is 1. The number of benzene rings is 1. The summed E-state index contributed by atoms with van der Waals surface area (Å²) in [5, 5.41) is 1.25. The van der Waals surface area contributed by atoms with Crippen LogP contribution in [0.3, 0.4) is 0 Å². The molecule has 1 atom stereocenters. The van der Waals surface area contributed by atoms with Gasteiger partial charge in [0.25, 0.3) is 10.2 Å². The highest BCUT2D eigenvalue weighted by molar-refractivity contribution is 7.87. The third kappa shape index (κ3) is 3.19.